The minimum atomic E-state index is -0.674. The lowest BCUT2D eigenvalue weighted by Gasteiger charge is -2.17. The highest BCUT2D eigenvalue weighted by Gasteiger charge is 2.33. The van der Waals surface area contributed by atoms with E-state index in [9.17, 15) is 9.59 Å². The SMILES string of the molecule is Cc1ccc(OCCN(C)C(=O)Cn2cc(NC(=O)[C@H]3C[C@H](Oc4n[nH]c(Br)n4)CO3)cn2)cc1. The van der Waals surface area contributed by atoms with Gasteiger partial charge in [-0.05, 0) is 35.0 Å². The number of rotatable bonds is 10. The van der Waals surface area contributed by atoms with Crippen LogP contribution in [0.5, 0.6) is 11.8 Å². The molecule has 1 saturated heterocycles. The number of H-pyrrole nitrogens is 1. The fourth-order valence-corrected chi connectivity index (χ4v) is 3.59. The van der Waals surface area contributed by atoms with Crippen LogP contribution in [-0.4, -0.2) is 80.7 Å². The molecule has 1 aliphatic heterocycles. The smallest absolute Gasteiger partial charge is 0.336 e. The van der Waals surface area contributed by atoms with Crippen molar-refractivity contribution in [1.82, 2.24) is 29.9 Å². The predicted octanol–water partition coefficient (Wildman–Crippen LogP) is 1.78. The third-order valence-electron chi connectivity index (χ3n) is 5.30. The van der Waals surface area contributed by atoms with Crippen LogP contribution < -0.4 is 14.8 Å². The van der Waals surface area contributed by atoms with E-state index in [-0.39, 0.29) is 37.1 Å². The first-order valence-electron chi connectivity index (χ1n) is 11.0. The van der Waals surface area contributed by atoms with E-state index >= 15 is 0 Å². The van der Waals surface area contributed by atoms with Gasteiger partial charge in [0.15, 0.2) is 4.73 Å². The van der Waals surface area contributed by atoms with E-state index in [2.05, 4.69) is 41.5 Å². The molecule has 2 N–H and O–H groups in total. The lowest BCUT2D eigenvalue weighted by atomic mass is 10.2. The van der Waals surface area contributed by atoms with Crippen molar-refractivity contribution < 1.29 is 23.8 Å². The average molecular weight is 548 g/mol. The number of benzene rings is 1. The van der Waals surface area contributed by atoms with Crippen LogP contribution in [0.25, 0.3) is 0 Å². The van der Waals surface area contributed by atoms with Crippen molar-refractivity contribution in [2.75, 3.05) is 32.1 Å². The van der Waals surface area contributed by atoms with Crippen molar-refractivity contribution in [1.29, 1.82) is 0 Å². The van der Waals surface area contributed by atoms with Gasteiger partial charge in [0.25, 0.3) is 5.91 Å². The fraction of sp³-hybridized carbons (Fsp3) is 0.409. The molecule has 1 aromatic carbocycles. The van der Waals surface area contributed by atoms with Gasteiger partial charge in [0, 0.05) is 19.7 Å². The van der Waals surface area contributed by atoms with Gasteiger partial charge in [-0.15, -0.1) is 5.10 Å². The zero-order valence-corrected chi connectivity index (χ0v) is 20.9. The summed E-state index contributed by atoms with van der Waals surface area (Å²) in [5.41, 5.74) is 1.63. The van der Waals surface area contributed by atoms with Crippen LogP contribution in [0.15, 0.2) is 41.4 Å². The van der Waals surface area contributed by atoms with Gasteiger partial charge in [0.2, 0.25) is 5.91 Å². The van der Waals surface area contributed by atoms with Crippen molar-refractivity contribution >= 4 is 33.4 Å². The molecule has 0 spiro atoms. The quantitative estimate of drug-likeness (QED) is 0.392. The fourth-order valence-electron chi connectivity index (χ4n) is 3.35. The van der Waals surface area contributed by atoms with Gasteiger partial charge in [-0.25, -0.2) is 0 Å². The Morgan fingerprint density at radius 2 is 2.14 bits per heavy atom. The van der Waals surface area contributed by atoms with Crippen LogP contribution in [0.3, 0.4) is 0 Å². The Bertz CT molecular complexity index is 1150. The Morgan fingerprint density at radius 3 is 2.89 bits per heavy atom. The van der Waals surface area contributed by atoms with Crippen LogP contribution in [0.2, 0.25) is 0 Å². The average Bonchev–Trinajstić information content (AvgIpc) is 3.57. The molecule has 3 heterocycles. The summed E-state index contributed by atoms with van der Waals surface area (Å²) in [4.78, 5) is 30.6. The number of hydrogen-bond donors (Lipinski definition) is 2. The molecule has 0 saturated carbocycles. The molecule has 35 heavy (non-hydrogen) atoms. The zero-order chi connectivity index (χ0) is 24.8. The number of nitrogens with zero attached hydrogens (tertiary/aromatic N) is 5. The number of hydrogen-bond acceptors (Lipinski definition) is 8. The first-order valence-corrected chi connectivity index (χ1v) is 11.8. The Labute approximate surface area is 210 Å². The second-order valence-electron chi connectivity index (χ2n) is 8.10. The van der Waals surface area contributed by atoms with E-state index in [1.54, 1.807) is 18.1 Å². The van der Waals surface area contributed by atoms with Gasteiger partial charge in [-0.2, -0.15) is 10.1 Å². The van der Waals surface area contributed by atoms with Crippen LogP contribution >= 0.6 is 15.9 Å². The maximum atomic E-state index is 12.5. The van der Waals surface area contributed by atoms with Crippen molar-refractivity contribution in [3.05, 3.63) is 47.0 Å². The summed E-state index contributed by atoms with van der Waals surface area (Å²) >= 11 is 3.16. The summed E-state index contributed by atoms with van der Waals surface area (Å²) < 4.78 is 18.7. The minimum absolute atomic E-state index is 0.0406. The molecule has 0 radical (unpaired) electrons. The number of likely N-dealkylation sites (N-methyl/N-ethyl adjacent to an activating group) is 1. The molecular formula is C22H26BrN7O5. The van der Waals surface area contributed by atoms with E-state index in [0.717, 1.165) is 11.3 Å². The maximum absolute atomic E-state index is 12.5. The van der Waals surface area contributed by atoms with Crippen molar-refractivity contribution in [2.45, 2.75) is 32.1 Å². The van der Waals surface area contributed by atoms with Gasteiger partial charge < -0.3 is 24.4 Å². The molecule has 0 unspecified atom stereocenters. The number of anilines is 1. The third kappa shape index (κ3) is 7.02. The summed E-state index contributed by atoms with van der Waals surface area (Å²) in [6.07, 6.45) is 2.44. The number of amides is 2. The van der Waals surface area contributed by atoms with E-state index in [0.29, 0.717) is 30.0 Å². The van der Waals surface area contributed by atoms with E-state index in [1.807, 2.05) is 31.2 Å². The first-order chi connectivity index (χ1) is 16.9. The van der Waals surface area contributed by atoms with E-state index in [1.165, 1.54) is 10.9 Å². The Balaban J connectivity index is 1.18. The minimum Gasteiger partial charge on any atom is -0.492 e. The molecule has 0 aliphatic carbocycles. The van der Waals surface area contributed by atoms with Crippen LogP contribution in [-0.2, 0) is 20.9 Å². The number of halogens is 1. The normalized spacial score (nSPS) is 17.2. The maximum Gasteiger partial charge on any atom is 0.336 e. The molecule has 2 atom stereocenters. The molecule has 13 heteroatoms. The van der Waals surface area contributed by atoms with Crippen molar-refractivity contribution in [2.24, 2.45) is 0 Å². The Hall–Kier alpha value is -3.45. The molecule has 2 aromatic heterocycles. The number of nitrogens with one attached hydrogen (secondary N) is 2. The standard InChI is InChI=1S/C22H26BrN7O5/c1-14-3-5-16(6-4-14)33-8-7-29(2)19(31)12-30-11-15(10-24-30)25-20(32)18-9-17(13-34-18)35-22-26-21(23)27-28-22/h3-6,10-11,17-18H,7-9,12-13H2,1-2H3,(H,25,32)(H,26,27,28)/t17-,18+/m0/s1. The van der Waals surface area contributed by atoms with Gasteiger partial charge in [-0.1, -0.05) is 17.7 Å². The van der Waals surface area contributed by atoms with Crippen LogP contribution in [0, 0.1) is 6.92 Å². The van der Waals surface area contributed by atoms with E-state index in [4.69, 9.17) is 14.2 Å². The number of ether oxygens (including phenoxy) is 3. The highest BCUT2D eigenvalue weighted by Crippen LogP contribution is 2.20. The lowest BCUT2D eigenvalue weighted by molar-refractivity contribution is -0.131. The number of carbonyl (C=O) groups excluding carboxylic acids is 2. The second kappa shape index (κ2) is 11.3. The van der Waals surface area contributed by atoms with Gasteiger partial charge in [-0.3, -0.25) is 19.4 Å². The number of aromatic nitrogens is 5. The molecule has 3 aromatic rings. The van der Waals surface area contributed by atoms with Crippen LogP contribution in [0.1, 0.15) is 12.0 Å². The number of aromatic amines is 1. The predicted molar refractivity (Wildman–Crippen MR) is 128 cm³/mol. The largest absolute Gasteiger partial charge is 0.492 e. The Kier molecular flexibility index (Phi) is 7.98. The highest BCUT2D eigenvalue weighted by atomic mass is 79.9. The summed E-state index contributed by atoms with van der Waals surface area (Å²) in [6, 6.07) is 7.93. The molecule has 186 valence electrons. The van der Waals surface area contributed by atoms with Crippen molar-refractivity contribution in [3.8, 4) is 11.8 Å². The van der Waals surface area contributed by atoms with Gasteiger partial charge in [0.05, 0.1) is 25.0 Å². The molecular weight excluding hydrogens is 522 g/mol. The zero-order valence-electron chi connectivity index (χ0n) is 19.3. The molecule has 1 aliphatic rings. The molecule has 4 rings (SSSR count). The topological polar surface area (TPSA) is 136 Å². The second-order valence-corrected chi connectivity index (χ2v) is 8.85. The molecule has 12 nitrogen and oxygen atoms in total. The summed E-state index contributed by atoms with van der Waals surface area (Å²) in [5.74, 6) is 0.318. The molecule has 0 bridgehead atoms. The first kappa shape index (κ1) is 24.7. The molecule has 1 fully saturated rings. The third-order valence-corrected chi connectivity index (χ3v) is 5.66. The number of aryl methyl sites for hydroxylation is 1. The monoisotopic (exact) mass is 547 g/mol. The van der Waals surface area contributed by atoms with E-state index < -0.39 is 6.10 Å². The van der Waals surface area contributed by atoms with Crippen molar-refractivity contribution in [3.63, 3.8) is 0 Å². The van der Waals surface area contributed by atoms with Gasteiger partial charge in [0.1, 0.15) is 31.1 Å². The summed E-state index contributed by atoms with van der Waals surface area (Å²) in [5, 5.41) is 13.4. The van der Waals surface area contributed by atoms with Gasteiger partial charge >= 0.3 is 6.01 Å². The lowest BCUT2D eigenvalue weighted by Crippen LogP contribution is -2.33. The summed E-state index contributed by atoms with van der Waals surface area (Å²) in [7, 11) is 1.71. The number of carbonyl (C=O) groups is 2. The summed E-state index contributed by atoms with van der Waals surface area (Å²) in [6.45, 7) is 3.11. The Morgan fingerprint density at radius 1 is 1.34 bits per heavy atom. The molecule has 2 amide bonds. The van der Waals surface area contributed by atoms with Crippen LogP contribution in [0.4, 0.5) is 5.69 Å². The highest BCUT2D eigenvalue weighted by molar-refractivity contribution is 9.10.